The summed E-state index contributed by atoms with van der Waals surface area (Å²) in [5.41, 5.74) is 0.169. The van der Waals surface area contributed by atoms with Crippen molar-refractivity contribution in [1.29, 1.82) is 0 Å². The molecule has 1 aromatic carbocycles. The predicted molar refractivity (Wildman–Crippen MR) is 87.6 cm³/mol. The Morgan fingerprint density at radius 1 is 1.39 bits per heavy atom. The summed E-state index contributed by atoms with van der Waals surface area (Å²) in [4.78, 5) is 24.1. The highest BCUT2D eigenvalue weighted by atomic mass is 16.5. The summed E-state index contributed by atoms with van der Waals surface area (Å²) in [6, 6.07) is 7.39. The van der Waals surface area contributed by atoms with Crippen LogP contribution in [0.4, 0.5) is 0 Å². The van der Waals surface area contributed by atoms with Gasteiger partial charge in [-0.25, -0.2) is 0 Å². The number of carbonyl (C=O) groups excluding carboxylic acids is 1. The molecule has 0 radical (unpaired) electrons. The number of hydrogen-bond donors (Lipinski definition) is 2. The van der Waals surface area contributed by atoms with E-state index in [1.165, 1.54) is 0 Å². The Labute approximate surface area is 137 Å². The second-order valence-electron chi connectivity index (χ2n) is 6.54. The van der Waals surface area contributed by atoms with Crippen LogP contribution in [-0.4, -0.2) is 29.6 Å². The second kappa shape index (κ2) is 7.02. The lowest BCUT2D eigenvalue weighted by Crippen LogP contribution is -2.56. The van der Waals surface area contributed by atoms with Crippen molar-refractivity contribution in [3.8, 4) is 5.75 Å². The summed E-state index contributed by atoms with van der Waals surface area (Å²) in [6.07, 6.45) is 3.14. The van der Waals surface area contributed by atoms with E-state index < -0.39 is 17.4 Å². The second-order valence-corrected chi connectivity index (χ2v) is 6.54. The van der Waals surface area contributed by atoms with Crippen molar-refractivity contribution in [3.05, 3.63) is 29.8 Å². The molecule has 0 spiro atoms. The monoisotopic (exact) mass is 319 g/mol. The molecule has 1 fully saturated rings. The fourth-order valence-electron chi connectivity index (χ4n) is 3.33. The third-order valence-corrected chi connectivity index (χ3v) is 4.90. The Hall–Kier alpha value is -2.04. The average Bonchev–Trinajstić information content (AvgIpc) is 2.53. The van der Waals surface area contributed by atoms with Crippen molar-refractivity contribution in [2.24, 2.45) is 5.92 Å². The molecule has 3 unspecified atom stereocenters. The van der Waals surface area contributed by atoms with E-state index in [4.69, 9.17) is 4.74 Å². The van der Waals surface area contributed by atoms with Crippen LogP contribution in [-0.2, 0) is 9.59 Å². The lowest BCUT2D eigenvalue weighted by molar-refractivity contribution is -0.146. The molecule has 1 aromatic rings. The van der Waals surface area contributed by atoms with Crippen LogP contribution in [0.2, 0.25) is 0 Å². The van der Waals surface area contributed by atoms with Crippen molar-refractivity contribution in [2.75, 3.05) is 7.11 Å². The maximum Gasteiger partial charge on any atom is 0.308 e. The van der Waals surface area contributed by atoms with Gasteiger partial charge >= 0.3 is 5.97 Å². The van der Waals surface area contributed by atoms with E-state index in [1.807, 2.05) is 38.1 Å². The lowest BCUT2D eigenvalue weighted by Gasteiger charge is -2.40. The number of rotatable bonds is 5. The van der Waals surface area contributed by atoms with Crippen LogP contribution < -0.4 is 10.1 Å². The van der Waals surface area contributed by atoms with Gasteiger partial charge in [-0.3, -0.25) is 9.59 Å². The van der Waals surface area contributed by atoms with Gasteiger partial charge in [0, 0.05) is 0 Å². The van der Waals surface area contributed by atoms with Gasteiger partial charge in [0.1, 0.15) is 5.75 Å². The van der Waals surface area contributed by atoms with Crippen molar-refractivity contribution in [1.82, 2.24) is 5.32 Å². The molecule has 2 N–H and O–H groups in total. The van der Waals surface area contributed by atoms with Crippen molar-refractivity contribution in [2.45, 2.75) is 51.0 Å². The molecular weight excluding hydrogens is 294 g/mol. The Balaban J connectivity index is 2.14. The number of carboxylic acid groups (broad SMARTS) is 1. The van der Waals surface area contributed by atoms with Crippen LogP contribution in [0.25, 0.3) is 0 Å². The lowest BCUT2D eigenvalue weighted by atomic mass is 9.73. The topological polar surface area (TPSA) is 75.6 Å². The third-order valence-electron chi connectivity index (χ3n) is 4.90. The average molecular weight is 319 g/mol. The molecule has 5 nitrogen and oxygen atoms in total. The number of ether oxygens (including phenoxy) is 1. The van der Waals surface area contributed by atoms with Gasteiger partial charge in [0.15, 0.2) is 0 Å². The minimum Gasteiger partial charge on any atom is -0.497 e. The third kappa shape index (κ3) is 3.84. The molecule has 126 valence electrons. The summed E-state index contributed by atoms with van der Waals surface area (Å²) in [7, 11) is 1.59. The molecule has 3 atom stereocenters. The van der Waals surface area contributed by atoms with Crippen LogP contribution in [0.15, 0.2) is 24.3 Å². The number of hydrogen-bond acceptors (Lipinski definition) is 3. The van der Waals surface area contributed by atoms with Crippen LogP contribution in [0.1, 0.15) is 51.0 Å². The van der Waals surface area contributed by atoms with Crippen LogP contribution >= 0.6 is 0 Å². The zero-order valence-corrected chi connectivity index (χ0v) is 14.0. The van der Waals surface area contributed by atoms with Crippen molar-refractivity contribution in [3.63, 3.8) is 0 Å². The normalized spacial score (nSPS) is 25.4. The Morgan fingerprint density at radius 3 is 2.78 bits per heavy atom. The molecule has 1 saturated carbocycles. The first-order valence-corrected chi connectivity index (χ1v) is 8.06. The zero-order valence-electron chi connectivity index (χ0n) is 14.0. The Kier molecular flexibility index (Phi) is 5.29. The molecule has 5 heteroatoms. The van der Waals surface area contributed by atoms with Crippen LogP contribution in [0.5, 0.6) is 5.75 Å². The molecule has 0 saturated heterocycles. The summed E-state index contributed by atoms with van der Waals surface area (Å²) in [6.45, 7) is 3.67. The number of methoxy groups -OCH3 is 1. The van der Waals surface area contributed by atoms with Gasteiger partial charge in [0.05, 0.1) is 24.5 Å². The highest BCUT2D eigenvalue weighted by Crippen LogP contribution is 2.34. The van der Waals surface area contributed by atoms with E-state index in [1.54, 1.807) is 7.11 Å². The largest absolute Gasteiger partial charge is 0.497 e. The molecule has 1 aliphatic carbocycles. The number of carboxylic acids is 1. The minimum atomic E-state index is -0.832. The summed E-state index contributed by atoms with van der Waals surface area (Å²) >= 11 is 0. The fourth-order valence-corrected chi connectivity index (χ4v) is 3.33. The summed E-state index contributed by atoms with van der Waals surface area (Å²) in [5.74, 6) is -1.17. The molecular formula is C18H25NO4. The fraction of sp³-hybridized carbons (Fsp3) is 0.556. The smallest absolute Gasteiger partial charge is 0.308 e. The van der Waals surface area contributed by atoms with Gasteiger partial charge in [-0.2, -0.15) is 0 Å². The summed E-state index contributed by atoms with van der Waals surface area (Å²) < 4.78 is 5.19. The minimum absolute atomic E-state index is 0.145. The van der Waals surface area contributed by atoms with E-state index in [9.17, 15) is 14.7 Å². The predicted octanol–water partition coefficient (Wildman–Crippen LogP) is 2.95. The number of benzene rings is 1. The quantitative estimate of drug-likeness (QED) is 0.875. The van der Waals surface area contributed by atoms with E-state index >= 15 is 0 Å². The standard InChI is InChI=1S/C18H25NO4/c1-12(13-7-6-8-14(11-13)23-3)16(20)19-18(2)10-5-4-9-15(18)17(21)22/h6-8,11-12,15H,4-5,9-10H2,1-3H3,(H,19,20)(H,21,22). The summed E-state index contributed by atoms with van der Waals surface area (Å²) in [5, 5.41) is 12.4. The first-order valence-electron chi connectivity index (χ1n) is 8.06. The molecule has 2 rings (SSSR count). The molecule has 1 aliphatic rings. The van der Waals surface area contributed by atoms with Gasteiger partial charge in [0.25, 0.3) is 0 Å². The van der Waals surface area contributed by atoms with E-state index in [0.29, 0.717) is 18.6 Å². The Bertz CT molecular complexity index is 586. The number of aliphatic carboxylic acids is 1. The molecule has 0 aliphatic heterocycles. The first-order chi connectivity index (χ1) is 10.9. The van der Waals surface area contributed by atoms with Gasteiger partial charge < -0.3 is 15.2 Å². The van der Waals surface area contributed by atoms with Crippen LogP contribution in [0.3, 0.4) is 0 Å². The maximum absolute atomic E-state index is 12.6. The number of nitrogens with one attached hydrogen (secondary N) is 1. The number of carbonyl (C=O) groups is 2. The maximum atomic E-state index is 12.6. The van der Waals surface area contributed by atoms with E-state index in [-0.39, 0.29) is 11.8 Å². The highest BCUT2D eigenvalue weighted by Gasteiger charge is 2.42. The first kappa shape index (κ1) is 17.3. The van der Waals surface area contributed by atoms with E-state index in [0.717, 1.165) is 18.4 Å². The number of amides is 1. The molecule has 23 heavy (non-hydrogen) atoms. The van der Waals surface area contributed by atoms with Crippen molar-refractivity contribution < 1.29 is 19.4 Å². The van der Waals surface area contributed by atoms with Gasteiger partial charge in [0.2, 0.25) is 5.91 Å². The molecule has 0 bridgehead atoms. The molecule has 0 aromatic heterocycles. The van der Waals surface area contributed by atoms with Gasteiger partial charge in [-0.05, 0) is 44.4 Å². The Morgan fingerprint density at radius 2 is 2.13 bits per heavy atom. The SMILES string of the molecule is COc1cccc(C(C)C(=O)NC2(C)CCCCC2C(=O)O)c1. The van der Waals surface area contributed by atoms with Gasteiger partial charge in [-0.15, -0.1) is 0 Å². The van der Waals surface area contributed by atoms with E-state index in [2.05, 4.69) is 5.32 Å². The van der Waals surface area contributed by atoms with Crippen molar-refractivity contribution >= 4 is 11.9 Å². The molecule has 1 amide bonds. The molecule has 0 heterocycles. The zero-order chi connectivity index (χ0) is 17.0. The highest BCUT2D eigenvalue weighted by molar-refractivity contribution is 5.85. The van der Waals surface area contributed by atoms with Crippen LogP contribution in [0, 0.1) is 5.92 Å². The van der Waals surface area contributed by atoms with Gasteiger partial charge in [-0.1, -0.05) is 25.0 Å².